The van der Waals surface area contributed by atoms with E-state index >= 15 is 0 Å². The fourth-order valence-electron chi connectivity index (χ4n) is 2.76. The molecule has 1 aliphatic rings. The summed E-state index contributed by atoms with van der Waals surface area (Å²) in [5.41, 5.74) is 1.26. The Hall–Kier alpha value is -0.580. The van der Waals surface area contributed by atoms with E-state index in [1.807, 2.05) is 12.1 Å². The molecule has 0 aliphatic carbocycles. The van der Waals surface area contributed by atoms with Crippen molar-refractivity contribution in [3.05, 3.63) is 28.2 Å². The van der Waals surface area contributed by atoms with Crippen LogP contribution in [0, 0.1) is 5.92 Å². The Labute approximate surface area is 130 Å². The highest BCUT2D eigenvalue weighted by atomic mass is 79.9. The minimum atomic E-state index is 0.604. The lowest BCUT2D eigenvalue weighted by Gasteiger charge is -2.36. The smallest absolute Gasteiger partial charge is 0.123 e. The summed E-state index contributed by atoms with van der Waals surface area (Å²) in [7, 11) is 1.74. The maximum Gasteiger partial charge on any atom is 0.123 e. The third-order valence-corrected chi connectivity index (χ3v) is 4.75. The summed E-state index contributed by atoms with van der Waals surface area (Å²) in [5.74, 6) is 1.70. The first kappa shape index (κ1) is 15.8. The molecule has 2 unspecified atom stereocenters. The van der Waals surface area contributed by atoms with Crippen molar-refractivity contribution in [1.29, 1.82) is 0 Å². The molecule has 0 bridgehead atoms. The zero-order chi connectivity index (χ0) is 14.5. The minimum absolute atomic E-state index is 0.604. The monoisotopic (exact) mass is 340 g/mol. The highest BCUT2D eigenvalue weighted by Gasteiger charge is 2.23. The summed E-state index contributed by atoms with van der Waals surface area (Å²) in [5, 5.41) is 3.64. The molecule has 1 aliphatic heterocycles. The van der Waals surface area contributed by atoms with Gasteiger partial charge in [0.2, 0.25) is 0 Å². The van der Waals surface area contributed by atoms with Gasteiger partial charge in [-0.3, -0.25) is 4.90 Å². The summed E-state index contributed by atoms with van der Waals surface area (Å²) < 4.78 is 6.59. The summed E-state index contributed by atoms with van der Waals surface area (Å²) in [6.07, 6.45) is 1.23. The molecule has 2 rings (SSSR count). The van der Waals surface area contributed by atoms with E-state index in [-0.39, 0.29) is 0 Å². The van der Waals surface area contributed by atoms with Crippen molar-refractivity contribution in [2.75, 3.05) is 26.7 Å². The molecule has 0 aromatic heterocycles. The van der Waals surface area contributed by atoms with Crippen LogP contribution >= 0.6 is 15.9 Å². The number of halogens is 1. The van der Waals surface area contributed by atoms with Gasteiger partial charge in [-0.25, -0.2) is 0 Å². The van der Waals surface area contributed by atoms with Crippen LogP contribution in [0.3, 0.4) is 0 Å². The molecule has 0 saturated carbocycles. The fourth-order valence-corrected chi connectivity index (χ4v) is 3.17. The number of hydrogen-bond acceptors (Lipinski definition) is 3. The average molecular weight is 341 g/mol. The number of rotatable bonds is 5. The van der Waals surface area contributed by atoms with Gasteiger partial charge in [0.1, 0.15) is 5.75 Å². The van der Waals surface area contributed by atoms with Crippen LogP contribution in [0.4, 0.5) is 0 Å². The molecule has 1 aromatic rings. The quantitative estimate of drug-likeness (QED) is 0.890. The van der Waals surface area contributed by atoms with Crippen LogP contribution in [0.25, 0.3) is 0 Å². The molecule has 2 atom stereocenters. The van der Waals surface area contributed by atoms with Crippen LogP contribution in [0.5, 0.6) is 5.75 Å². The third kappa shape index (κ3) is 3.96. The summed E-state index contributed by atoms with van der Waals surface area (Å²) in [4.78, 5) is 2.53. The van der Waals surface area contributed by atoms with E-state index < -0.39 is 0 Å². The number of methoxy groups -OCH3 is 1. The number of nitrogens with zero attached hydrogens (tertiary/aromatic N) is 1. The Kier molecular flexibility index (Phi) is 5.87. The molecule has 1 aromatic carbocycles. The van der Waals surface area contributed by atoms with Gasteiger partial charge in [-0.05, 0) is 24.1 Å². The van der Waals surface area contributed by atoms with Crippen LogP contribution in [-0.4, -0.2) is 37.7 Å². The van der Waals surface area contributed by atoms with Gasteiger partial charge in [0.15, 0.2) is 0 Å². The topological polar surface area (TPSA) is 24.5 Å². The van der Waals surface area contributed by atoms with Crippen LogP contribution in [-0.2, 0) is 6.54 Å². The van der Waals surface area contributed by atoms with Crippen molar-refractivity contribution in [3.8, 4) is 5.75 Å². The van der Waals surface area contributed by atoms with Gasteiger partial charge in [-0.1, -0.05) is 36.2 Å². The molecule has 3 nitrogen and oxygen atoms in total. The molecule has 4 heteroatoms. The predicted octanol–water partition coefficient (Wildman–Crippen LogP) is 3.28. The molecule has 1 N–H and O–H groups in total. The first-order valence-electron chi connectivity index (χ1n) is 7.42. The Morgan fingerprint density at radius 1 is 1.50 bits per heavy atom. The minimum Gasteiger partial charge on any atom is -0.496 e. The number of hydrogen-bond donors (Lipinski definition) is 1. The second kappa shape index (κ2) is 7.43. The first-order valence-corrected chi connectivity index (χ1v) is 8.21. The molecule has 0 spiro atoms. The average Bonchev–Trinajstić information content (AvgIpc) is 2.47. The maximum atomic E-state index is 5.47. The lowest BCUT2D eigenvalue weighted by Crippen LogP contribution is -2.52. The van der Waals surface area contributed by atoms with Crippen molar-refractivity contribution in [3.63, 3.8) is 0 Å². The lowest BCUT2D eigenvalue weighted by atomic mass is 9.97. The normalized spacial score (nSPS) is 21.7. The summed E-state index contributed by atoms with van der Waals surface area (Å²) in [6, 6.07) is 6.83. The second-order valence-corrected chi connectivity index (χ2v) is 6.55. The zero-order valence-electron chi connectivity index (χ0n) is 12.7. The van der Waals surface area contributed by atoms with Gasteiger partial charge in [0.25, 0.3) is 0 Å². The van der Waals surface area contributed by atoms with E-state index in [0.29, 0.717) is 6.04 Å². The van der Waals surface area contributed by atoms with Gasteiger partial charge >= 0.3 is 0 Å². The Balaban J connectivity index is 2.04. The standard InChI is InChI=1S/C16H25BrN2O/c1-4-12(2)15-11-19(8-7-18-15)10-13-9-14(17)5-6-16(13)20-3/h5-6,9,12,15,18H,4,7-8,10-11H2,1-3H3. The maximum absolute atomic E-state index is 5.47. The predicted molar refractivity (Wildman–Crippen MR) is 87.2 cm³/mol. The van der Waals surface area contributed by atoms with Gasteiger partial charge in [-0.15, -0.1) is 0 Å². The highest BCUT2D eigenvalue weighted by Crippen LogP contribution is 2.25. The largest absolute Gasteiger partial charge is 0.496 e. The van der Waals surface area contributed by atoms with Crippen molar-refractivity contribution in [2.24, 2.45) is 5.92 Å². The molecule has 0 amide bonds. The number of ether oxygens (including phenoxy) is 1. The van der Waals surface area contributed by atoms with Gasteiger partial charge in [-0.2, -0.15) is 0 Å². The first-order chi connectivity index (χ1) is 9.63. The van der Waals surface area contributed by atoms with E-state index in [2.05, 4.69) is 46.1 Å². The van der Waals surface area contributed by atoms with Gasteiger partial charge < -0.3 is 10.1 Å². The molecular formula is C16H25BrN2O. The van der Waals surface area contributed by atoms with Crippen molar-refractivity contribution >= 4 is 15.9 Å². The second-order valence-electron chi connectivity index (χ2n) is 5.64. The van der Waals surface area contributed by atoms with Crippen LogP contribution in [0.2, 0.25) is 0 Å². The molecule has 0 radical (unpaired) electrons. The number of benzene rings is 1. The van der Waals surface area contributed by atoms with Crippen molar-refractivity contribution in [1.82, 2.24) is 10.2 Å². The van der Waals surface area contributed by atoms with Crippen molar-refractivity contribution < 1.29 is 4.74 Å². The highest BCUT2D eigenvalue weighted by molar-refractivity contribution is 9.10. The SMILES string of the molecule is CCC(C)C1CN(Cc2cc(Br)ccc2OC)CCN1. The number of piperazine rings is 1. The van der Waals surface area contributed by atoms with Crippen LogP contribution in [0.15, 0.2) is 22.7 Å². The van der Waals surface area contributed by atoms with Crippen molar-refractivity contribution in [2.45, 2.75) is 32.9 Å². The Morgan fingerprint density at radius 2 is 2.30 bits per heavy atom. The van der Waals surface area contributed by atoms with E-state index in [1.165, 1.54) is 12.0 Å². The number of nitrogens with one attached hydrogen (secondary N) is 1. The van der Waals surface area contributed by atoms with E-state index in [4.69, 9.17) is 4.74 Å². The summed E-state index contributed by atoms with van der Waals surface area (Å²) in [6.45, 7) is 8.85. The van der Waals surface area contributed by atoms with E-state index in [0.717, 1.165) is 42.3 Å². The molecule has 1 heterocycles. The molecular weight excluding hydrogens is 316 g/mol. The van der Waals surface area contributed by atoms with Crippen LogP contribution < -0.4 is 10.1 Å². The molecule has 1 fully saturated rings. The van der Waals surface area contributed by atoms with E-state index in [1.54, 1.807) is 7.11 Å². The molecule has 112 valence electrons. The zero-order valence-corrected chi connectivity index (χ0v) is 14.2. The Morgan fingerprint density at radius 3 is 3.00 bits per heavy atom. The third-order valence-electron chi connectivity index (χ3n) is 4.26. The van der Waals surface area contributed by atoms with E-state index in [9.17, 15) is 0 Å². The Bertz CT molecular complexity index is 438. The lowest BCUT2D eigenvalue weighted by molar-refractivity contribution is 0.161. The van der Waals surface area contributed by atoms with Gasteiger partial charge in [0, 0.05) is 42.3 Å². The van der Waals surface area contributed by atoms with Gasteiger partial charge in [0.05, 0.1) is 7.11 Å². The fraction of sp³-hybridized carbons (Fsp3) is 0.625. The molecule has 1 saturated heterocycles. The van der Waals surface area contributed by atoms with Crippen LogP contribution in [0.1, 0.15) is 25.8 Å². The molecule has 20 heavy (non-hydrogen) atoms. The summed E-state index contributed by atoms with van der Waals surface area (Å²) >= 11 is 3.55.